The Hall–Kier alpha value is -2.87. The SMILES string of the molecule is Cc1cc(C(=O)NCc2noc(=O)[nH]2)nn1-c1ccccc1Cl. The Morgan fingerprint density at radius 1 is 1.43 bits per heavy atom. The fourth-order valence-electron chi connectivity index (χ4n) is 2.04. The zero-order valence-corrected chi connectivity index (χ0v) is 12.8. The highest BCUT2D eigenvalue weighted by Crippen LogP contribution is 2.21. The minimum atomic E-state index is -0.673. The summed E-state index contributed by atoms with van der Waals surface area (Å²) in [6, 6.07) is 8.85. The molecule has 2 aromatic heterocycles. The van der Waals surface area contributed by atoms with E-state index in [0.29, 0.717) is 10.7 Å². The van der Waals surface area contributed by atoms with Gasteiger partial charge in [-0.05, 0) is 25.1 Å². The molecule has 9 heteroatoms. The van der Waals surface area contributed by atoms with Crippen molar-refractivity contribution in [1.29, 1.82) is 0 Å². The molecule has 0 radical (unpaired) electrons. The number of aryl methyl sites for hydroxylation is 1. The van der Waals surface area contributed by atoms with Crippen molar-refractivity contribution in [1.82, 2.24) is 25.2 Å². The molecular weight excluding hydrogens is 322 g/mol. The van der Waals surface area contributed by atoms with Crippen LogP contribution in [-0.4, -0.2) is 25.8 Å². The number of amides is 1. The lowest BCUT2D eigenvalue weighted by Crippen LogP contribution is -2.24. The van der Waals surface area contributed by atoms with E-state index in [1.54, 1.807) is 16.8 Å². The van der Waals surface area contributed by atoms with Crippen molar-refractivity contribution < 1.29 is 9.32 Å². The minimum Gasteiger partial charge on any atom is -0.343 e. The highest BCUT2D eigenvalue weighted by Gasteiger charge is 2.15. The monoisotopic (exact) mass is 333 g/mol. The summed E-state index contributed by atoms with van der Waals surface area (Å²) in [7, 11) is 0. The number of aromatic nitrogens is 4. The van der Waals surface area contributed by atoms with Crippen LogP contribution in [0.2, 0.25) is 5.02 Å². The molecule has 1 amide bonds. The molecule has 0 atom stereocenters. The lowest BCUT2D eigenvalue weighted by atomic mass is 10.3. The third-order valence-corrected chi connectivity index (χ3v) is 3.42. The lowest BCUT2D eigenvalue weighted by Gasteiger charge is -2.05. The average molecular weight is 334 g/mol. The highest BCUT2D eigenvalue weighted by molar-refractivity contribution is 6.32. The highest BCUT2D eigenvalue weighted by atomic mass is 35.5. The Balaban J connectivity index is 1.79. The van der Waals surface area contributed by atoms with E-state index in [1.165, 1.54) is 0 Å². The van der Waals surface area contributed by atoms with Crippen LogP contribution in [0.3, 0.4) is 0 Å². The van der Waals surface area contributed by atoms with Crippen LogP contribution in [0.25, 0.3) is 5.69 Å². The van der Waals surface area contributed by atoms with Crippen LogP contribution in [0.5, 0.6) is 0 Å². The van der Waals surface area contributed by atoms with E-state index < -0.39 is 11.7 Å². The molecule has 0 aliphatic carbocycles. The van der Waals surface area contributed by atoms with Crippen molar-refractivity contribution in [3.8, 4) is 5.69 Å². The molecule has 8 nitrogen and oxygen atoms in total. The molecule has 2 N–H and O–H groups in total. The maximum atomic E-state index is 12.1. The first-order valence-corrected chi connectivity index (χ1v) is 7.07. The summed E-state index contributed by atoms with van der Waals surface area (Å²) in [5, 5.41) is 10.9. The maximum Gasteiger partial charge on any atom is 0.438 e. The van der Waals surface area contributed by atoms with Crippen LogP contribution >= 0.6 is 11.6 Å². The summed E-state index contributed by atoms with van der Waals surface area (Å²) in [6.07, 6.45) is 0. The number of nitrogens with one attached hydrogen (secondary N) is 2. The summed E-state index contributed by atoms with van der Waals surface area (Å²) < 4.78 is 5.94. The molecule has 23 heavy (non-hydrogen) atoms. The number of hydrogen-bond donors (Lipinski definition) is 2. The number of carbonyl (C=O) groups excluding carboxylic acids is 1. The Bertz CT molecular complexity index is 911. The van der Waals surface area contributed by atoms with Crippen molar-refractivity contribution in [3.63, 3.8) is 0 Å². The molecule has 0 spiro atoms. The number of rotatable bonds is 4. The quantitative estimate of drug-likeness (QED) is 0.751. The summed E-state index contributed by atoms with van der Waals surface area (Å²) in [6.45, 7) is 1.85. The van der Waals surface area contributed by atoms with Gasteiger partial charge in [0, 0.05) is 5.69 Å². The lowest BCUT2D eigenvalue weighted by molar-refractivity contribution is 0.0944. The first kappa shape index (κ1) is 15.0. The fourth-order valence-corrected chi connectivity index (χ4v) is 2.26. The van der Waals surface area contributed by atoms with E-state index in [9.17, 15) is 9.59 Å². The molecule has 0 unspecified atom stereocenters. The molecule has 0 bridgehead atoms. The second-order valence-electron chi connectivity index (χ2n) is 4.76. The van der Waals surface area contributed by atoms with Crippen LogP contribution in [-0.2, 0) is 6.54 Å². The van der Waals surface area contributed by atoms with E-state index in [4.69, 9.17) is 11.6 Å². The van der Waals surface area contributed by atoms with Crippen LogP contribution in [0.15, 0.2) is 39.6 Å². The Morgan fingerprint density at radius 3 is 2.91 bits per heavy atom. The molecule has 3 rings (SSSR count). The second kappa shape index (κ2) is 6.09. The number of H-pyrrole nitrogens is 1. The first-order valence-electron chi connectivity index (χ1n) is 6.69. The normalized spacial score (nSPS) is 10.7. The number of hydrogen-bond acceptors (Lipinski definition) is 5. The second-order valence-corrected chi connectivity index (χ2v) is 5.17. The van der Waals surface area contributed by atoms with E-state index in [-0.39, 0.29) is 18.1 Å². The molecule has 2 heterocycles. The van der Waals surface area contributed by atoms with Gasteiger partial charge in [-0.3, -0.25) is 14.3 Å². The summed E-state index contributed by atoms with van der Waals surface area (Å²) >= 11 is 6.15. The molecule has 118 valence electrons. The van der Waals surface area contributed by atoms with Gasteiger partial charge in [0.05, 0.1) is 17.3 Å². The van der Waals surface area contributed by atoms with E-state index in [2.05, 4.69) is 25.1 Å². The number of benzene rings is 1. The van der Waals surface area contributed by atoms with Crippen molar-refractivity contribution in [2.75, 3.05) is 0 Å². The maximum absolute atomic E-state index is 12.1. The van der Waals surface area contributed by atoms with Crippen LogP contribution in [0, 0.1) is 6.92 Å². The number of nitrogens with zero attached hydrogens (tertiary/aromatic N) is 3. The van der Waals surface area contributed by atoms with Crippen molar-refractivity contribution >= 4 is 17.5 Å². The van der Waals surface area contributed by atoms with Crippen LogP contribution in [0.4, 0.5) is 0 Å². The molecular formula is C14H12ClN5O3. The molecule has 1 aromatic carbocycles. The van der Waals surface area contributed by atoms with Gasteiger partial charge in [-0.2, -0.15) is 5.10 Å². The van der Waals surface area contributed by atoms with E-state index in [0.717, 1.165) is 5.69 Å². The van der Waals surface area contributed by atoms with Gasteiger partial charge < -0.3 is 5.32 Å². The van der Waals surface area contributed by atoms with E-state index in [1.807, 2.05) is 25.1 Å². The number of para-hydroxylation sites is 1. The average Bonchev–Trinajstić information content (AvgIpc) is 3.11. The van der Waals surface area contributed by atoms with Crippen LogP contribution < -0.4 is 11.1 Å². The molecule has 3 aromatic rings. The Kier molecular flexibility index (Phi) is 3.98. The predicted molar refractivity (Wildman–Crippen MR) is 81.6 cm³/mol. The Labute approximate surface area is 135 Å². The fraction of sp³-hybridized carbons (Fsp3) is 0.143. The first-order chi connectivity index (χ1) is 11.0. The van der Waals surface area contributed by atoms with Gasteiger partial charge in [0.1, 0.15) is 0 Å². The smallest absolute Gasteiger partial charge is 0.343 e. The molecule has 0 aliphatic rings. The van der Waals surface area contributed by atoms with Crippen molar-refractivity contribution in [3.05, 3.63) is 63.1 Å². The standard InChI is InChI=1S/C14H12ClN5O3/c1-8-6-10(13(21)16-7-12-17-14(22)23-19-12)18-20(8)11-5-3-2-4-9(11)15/h2-6H,7H2,1H3,(H,16,21)(H,17,19,22). The third kappa shape index (κ3) is 3.16. The van der Waals surface area contributed by atoms with Gasteiger partial charge in [0.25, 0.3) is 5.91 Å². The van der Waals surface area contributed by atoms with Gasteiger partial charge in [0.15, 0.2) is 11.5 Å². The predicted octanol–water partition coefficient (Wildman–Crippen LogP) is 1.44. The van der Waals surface area contributed by atoms with Gasteiger partial charge in [0.2, 0.25) is 0 Å². The van der Waals surface area contributed by atoms with Crippen LogP contribution in [0.1, 0.15) is 22.0 Å². The minimum absolute atomic E-state index is 0.0303. The van der Waals surface area contributed by atoms with Crippen molar-refractivity contribution in [2.24, 2.45) is 0 Å². The molecule has 0 fully saturated rings. The summed E-state index contributed by atoms with van der Waals surface area (Å²) in [4.78, 5) is 25.3. The zero-order valence-electron chi connectivity index (χ0n) is 12.0. The third-order valence-electron chi connectivity index (χ3n) is 3.10. The molecule has 0 aliphatic heterocycles. The molecule has 0 saturated carbocycles. The van der Waals surface area contributed by atoms with Gasteiger partial charge in [-0.1, -0.05) is 28.9 Å². The number of aromatic amines is 1. The number of carbonyl (C=O) groups is 1. The van der Waals surface area contributed by atoms with Gasteiger partial charge in [-0.15, -0.1) is 0 Å². The van der Waals surface area contributed by atoms with Gasteiger partial charge in [-0.25, -0.2) is 9.48 Å². The summed E-state index contributed by atoms with van der Waals surface area (Å²) in [5.41, 5.74) is 1.68. The van der Waals surface area contributed by atoms with E-state index >= 15 is 0 Å². The topological polar surface area (TPSA) is 106 Å². The summed E-state index contributed by atoms with van der Waals surface area (Å²) in [5.74, 6) is -0.846. The zero-order chi connectivity index (χ0) is 16.4. The Morgan fingerprint density at radius 2 is 2.22 bits per heavy atom. The largest absolute Gasteiger partial charge is 0.438 e. The van der Waals surface area contributed by atoms with Gasteiger partial charge >= 0.3 is 5.76 Å². The molecule has 0 saturated heterocycles. The van der Waals surface area contributed by atoms with Crippen molar-refractivity contribution in [2.45, 2.75) is 13.5 Å². The number of halogens is 1.